The minimum Gasteiger partial charge on any atom is -0.462 e. The van der Waals surface area contributed by atoms with Crippen molar-refractivity contribution in [3.63, 3.8) is 0 Å². The van der Waals surface area contributed by atoms with E-state index in [2.05, 4.69) is 48.8 Å². The zero-order chi connectivity index (χ0) is 29.6. The summed E-state index contributed by atoms with van der Waals surface area (Å²) in [6, 6.07) is 24.6. The second-order valence-electron chi connectivity index (χ2n) is 10.5. The van der Waals surface area contributed by atoms with Gasteiger partial charge in [-0.25, -0.2) is 4.79 Å². The zero-order valence-corrected chi connectivity index (χ0v) is 25.2. The Balaban J connectivity index is 1.89. The highest BCUT2D eigenvalue weighted by Gasteiger charge is 2.26. The van der Waals surface area contributed by atoms with Gasteiger partial charge >= 0.3 is 5.97 Å². The lowest BCUT2D eigenvalue weighted by molar-refractivity contribution is 0.0452. The standard InChI is InChI=1S/C34H31BrN2O4/c1-5-39-15-8-16-40-33(38)24-10-7-12-27(19-24)41-32-29(34(2,3)4)14-13-23-17-25(20-36)28(21-37)30(31(23)32)22-9-6-11-26(35)18-22/h6-7,9-14,17-19H,5,8,15-16H2,1-4H3. The number of carbonyl (C=O) groups is 1. The van der Waals surface area contributed by atoms with Crippen molar-refractivity contribution in [2.24, 2.45) is 0 Å². The summed E-state index contributed by atoms with van der Waals surface area (Å²) in [6.07, 6.45) is 0.616. The van der Waals surface area contributed by atoms with Crippen LogP contribution >= 0.6 is 15.9 Å². The van der Waals surface area contributed by atoms with E-state index in [1.807, 2.05) is 43.3 Å². The van der Waals surface area contributed by atoms with Crippen molar-refractivity contribution < 1.29 is 19.0 Å². The lowest BCUT2D eigenvalue weighted by atomic mass is 9.82. The number of nitriles is 2. The third-order valence-electron chi connectivity index (χ3n) is 6.57. The van der Waals surface area contributed by atoms with Crippen molar-refractivity contribution in [3.8, 4) is 34.8 Å². The molecule has 0 saturated heterocycles. The molecule has 0 aromatic heterocycles. The van der Waals surface area contributed by atoms with Gasteiger partial charge in [-0.2, -0.15) is 10.5 Å². The van der Waals surface area contributed by atoms with Crippen molar-refractivity contribution in [3.05, 3.63) is 93.5 Å². The van der Waals surface area contributed by atoms with E-state index in [4.69, 9.17) is 14.2 Å². The van der Waals surface area contributed by atoms with Gasteiger partial charge < -0.3 is 14.2 Å². The van der Waals surface area contributed by atoms with E-state index in [0.717, 1.165) is 26.4 Å². The van der Waals surface area contributed by atoms with Crippen molar-refractivity contribution in [2.45, 2.75) is 39.5 Å². The van der Waals surface area contributed by atoms with Crippen LogP contribution in [0.1, 0.15) is 61.2 Å². The van der Waals surface area contributed by atoms with Gasteiger partial charge in [-0.3, -0.25) is 0 Å². The molecular formula is C34H31BrN2O4. The third-order valence-corrected chi connectivity index (χ3v) is 7.07. The number of carbonyl (C=O) groups excluding carboxylic acids is 1. The van der Waals surface area contributed by atoms with Gasteiger partial charge in [0.2, 0.25) is 0 Å². The fourth-order valence-corrected chi connectivity index (χ4v) is 5.05. The van der Waals surface area contributed by atoms with Gasteiger partial charge in [0.1, 0.15) is 23.6 Å². The van der Waals surface area contributed by atoms with Crippen LogP contribution in [0.25, 0.3) is 21.9 Å². The van der Waals surface area contributed by atoms with Crippen molar-refractivity contribution in [1.29, 1.82) is 10.5 Å². The largest absolute Gasteiger partial charge is 0.462 e. The molecule has 0 aliphatic rings. The van der Waals surface area contributed by atoms with Gasteiger partial charge in [0.15, 0.2) is 0 Å². The fraction of sp³-hybridized carbons (Fsp3) is 0.265. The number of benzene rings is 4. The molecule has 4 aromatic carbocycles. The number of esters is 1. The van der Waals surface area contributed by atoms with E-state index in [0.29, 0.717) is 47.8 Å². The molecule has 0 fully saturated rings. The Hall–Kier alpha value is -4.17. The van der Waals surface area contributed by atoms with Gasteiger partial charge in [-0.1, -0.05) is 67.0 Å². The molecule has 0 atom stereocenters. The number of fused-ring (bicyclic) bond motifs is 1. The lowest BCUT2D eigenvalue weighted by Gasteiger charge is -2.26. The summed E-state index contributed by atoms with van der Waals surface area (Å²) in [5.74, 6) is 0.573. The normalized spacial score (nSPS) is 11.1. The van der Waals surface area contributed by atoms with E-state index < -0.39 is 5.97 Å². The molecule has 0 saturated carbocycles. The molecule has 0 unspecified atom stereocenters. The first-order chi connectivity index (χ1) is 19.7. The lowest BCUT2D eigenvalue weighted by Crippen LogP contribution is -2.13. The summed E-state index contributed by atoms with van der Waals surface area (Å²) in [7, 11) is 0. The predicted octanol–water partition coefficient (Wildman–Crippen LogP) is 8.69. The number of hydrogen-bond donors (Lipinski definition) is 0. The molecule has 0 aliphatic heterocycles. The smallest absolute Gasteiger partial charge is 0.338 e. The number of hydrogen-bond acceptors (Lipinski definition) is 6. The molecule has 0 heterocycles. The van der Waals surface area contributed by atoms with E-state index in [1.54, 1.807) is 30.3 Å². The summed E-state index contributed by atoms with van der Waals surface area (Å²) in [5, 5.41) is 21.6. The van der Waals surface area contributed by atoms with E-state index >= 15 is 0 Å². The second-order valence-corrected chi connectivity index (χ2v) is 11.4. The monoisotopic (exact) mass is 610 g/mol. The number of rotatable bonds is 9. The van der Waals surface area contributed by atoms with Crippen LogP contribution in [0.2, 0.25) is 0 Å². The molecule has 0 aliphatic carbocycles. The fourth-order valence-electron chi connectivity index (χ4n) is 4.65. The van der Waals surface area contributed by atoms with Crippen LogP contribution in [0.3, 0.4) is 0 Å². The van der Waals surface area contributed by atoms with Crippen LogP contribution in [0.15, 0.2) is 71.2 Å². The number of ether oxygens (including phenoxy) is 3. The Morgan fingerprint density at radius 3 is 2.41 bits per heavy atom. The minimum absolute atomic E-state index is 0.259. The topological polar surface area (TPSA) is 92.3 Å². The van der Waals surface area contributed by atoms with Gasteiger partial charge in [0.25, 0.3) is 0 Å². The maximum atomic E-state index is 12.8. The first kappa shape index (κ1) is 29.8. The molecule has 7 heteroatoms. The molecule has 0 spiro atoms. The molecule has 4 rings (SSSR count). The highest BCUT2D eigenvalue weighted by Crippen LogP contribution is 2.46. The van der Waals surface area contributed by atoms with Gasteiger partial charge in [0, 0.05) is 40.6 Å². The van der Waals surface area contributed by atoms with Crippen LogP contribution < -0.4 is 4.74 Å². The van der Waals surface area contributed by atoms with E-state index in [1.165, 1.54) is 0 Å². The maximum Gasteiger partial charge on any atom is 0.338 e. The Kier molecular flexibility index (Phi) is 9.45. The molecule has 0 radical (unpaired) electrons. The van der Waals surface area contributed by atoms with Crippen LogP contribution in [0, 0.1) is 22.7 Å². The summed E-state index contributed by atoms with van der Waals surface area (Å²) < 4.78 is 18.2. The average molecular weight is 612 g/mol. The molecular weight excluding hydrogens is 580 g/mol. The summed E-state index contributed by atoms with van der Waals surface area (Å²) >= 11 is 3.55. The summed E-state index contributed by atoms with van der Waals surface area (Å²) in [4.78, 5) is 12.8. The highest BCUT2D eigenvalue weighted by molar-refractivity contribution is 9.10. The van der Waals surface area contributed by atoms with Crippen LogP contribution in [0.5, 0.6) is 11.5 Å². The molecule has 0 N–H and O–H groups in total. The average Bonchev–Trinajstić information content (AvgIpc) is 2.95. The molecule has 0 amide bonds. The maximum absolute atomic E-state index is 12.8. The van der Waals surface area contributed by atoms with Crippen LogP contribution in [0.4, 0.5) is 0 Å². The van der Waals surface area contributed by atoms with Crippen molar-refractivity contribution in [2.75, 3.05) is 19.8 Å². The SMILES string of the molecule is CCOCCCOC(=O)c1cccc(Oc2c(C(C)(C)C)ccc3cc(C#N)c(C#N)c(-c4cccc(Br)c4)c23)c1. The Bertz CT molecular complexity index is 1680. The number of nitrogens with zero attached hydrogens (tertiary/aromatic N) is 2. The van der Waals surface area contributed by atoms with Crippen LogP contribution in [-0.4, -0.2) is 25.8 Å². The van der Waals surface area contributed by atoms with Gasteiger partial charge in [0.05, 0.1) is 23.3 Å². The Labute approximate surface area is 249 Å². The minimum atomic E-state index is -0.443. The molecule has 4 aromatic rings. The zero-order valence-electron chi connectivity index (χ0n) is 23.6. The first-order valence-electron chi connectivity index (χ1n) is 13.4. The molecule has 0 bridgehead atoms. The second kappa shape index (κ2) is 13.0. The van der Waals surface area contributed by atoms with Crippen LogP contribution in [-0.2, 0) is 14.9 Å². The van der Waals surface area contributed by atoms with E-state index in [9.17, 15) is 15.3 Å². The molecule has 6 nitrogen and oxygen atoms in total. The first-order valence-corrected chi connectivity index (χ1v) is 14.2. The van der Waals surface area contributed by atoms with Gasteiger partial charge in [-0.15, -0.1) is 0 Å². The third kappa shape index (κ3) is 6.77. The van der Waals surface area contributed by atoms with Gasteiger partial charge in [-0.05, 0) is 59.7 Å². The summed E-state index contributed by atoms with van der Waals surface area (Å²) in [5.41, 5.74) is 2.92. The Morgan fingerprint density at radius 1 is 0.951 bits per heavy atom. The highest BCUT2D eigenvalue weighted by atomic mass is 79.9. The number of halogens is 1. The predicted molar refractivity (Wildman–Crippen MR) is 163 cm³/mol. The van der Waals surface area contributed by atoms with Crippen molar-refractivity contribution in [1.82, 2.24) is 0 Å². The summed E-state index contributed by atoms with van der Waals surface area (Å²) in [6.45, 7) is 9.59. The molecule has 208 valence electrons. The van der Waals surface area contributed by atoms with E-state index in [-0.39, 0.29) is 17.6 Å². The van der Waals surface area contributed by atoms with Crippen molar-refractivity contribution >= 4 is 32.7 Å². The quantitative estimate of drug-likeness (QED) is 0.139. The Morgan fingerprint density at radius 2 is 1.73 bits per heavy atom. The molecule has 41 heavy (non-hydrogen) atoms.